The van der Waals surface area contributed by atoms with Crippen LogP contribution in [0.4, 0.5) is 5.69 Å². The second-order valence-electron chi connectivity index (χ2n) is 5.33. The van der Waals surface area contributed by atoms with Gasteiger partial charge in [-0.15, -0.1) is 0 Å². The van der Waals surface area contributed by atoms with E-state index in [1.54, 1.807) is 26.2 Å². The summed E-state index contributed by atoms with van der Waals surface area (Å²) in [7, 11) is 1.52. The van der Waals surface area contributed by atoms with Crippen molar-refractivity contribution in [1.29, 1.82) is 0 Å². The van der Waals surface area contributed by atoms with Crippen molar-refractivity contribution < 1.29 is 13.2 Å². The number of morpholine rings is 1. The number of sulfonamides is 1. The number of para-hydroxylation sites is 1. The maximum absolute atomic E-state index is 12.4. The number of nitrogens with one attached hydrogen (secondary N) is 1. The highest BCUT2D eigenvalue weighted by Crippen LogP contribution is 2.26. The highest BCUT2D eigenvalue weighted by molar-refractivity contribution is 7.89. The van der Waals surface area contributed by atoms with Crippen molar-refractivity contribution in [2.24, 2.45) is 0 Å². The van der Waals surface area contributed by atoms with Gasteiger partial charge in [0.05, 0.1) is 18.4 Å². The minimum absolute atomic E-state index is 0.0684. The van der Waals surface area contributed by atoms with Gasteiger partial charge in [0, 0.05) is 40.8 Å². The molecule has 1 fully saturated rings. The summed E-state index contributed by atoms with van der Waals surface area (Å²) in [6, 6.07) is 7.06. The Morgan fingerprint density at radius 2 is 2.00 bits per heavy atom. The molecule has 0 radical (unpaired) electrons. The van der Waals surface area contributed by atoms with Gasteiger partial charge in [-0.1, -0.05) is 12.1 Å². The number of anilines is 1. The number of hydrogen-bond donors (Lipinski definition) is 1. The van der Waals surface area contributed by atoms with E-state index in [0.29, 0.717) is 23.7 Å². The van der Waals surface area contributed by atoms with Crippen LogP contribution >= 0.6 is 0 Å². The molecule has 1 unspecified atom stereocenters. The van der Waals surface area contributed by atoms with Gasteiger partial charge in [-0.25, -0.2) is 12.7 Å². The third-order valence-corrected chi connectivity index (χ3v) is 5.38. The normalized spacial score (nSPS) is 19.7. The van der Waals surface area contributed by atoms with E-state index in [0.717, 1.165) is 13.1 Å². The van der Waals surface area contributed by atoms with Crippen LogP contribution in [0.2, 0.25) is 0 Å². The number of likely N-dealkylation sites (N-methyl/N-ethyl adjacent to an activating group) is 1. The summed E-state index contributed by atoms with van der Waals surface area (Å²) in [4.78, 5) is 2.26. The fraction of sp³-hybridized carbons (Fsp3) is 0.571. The average Bonchev–Trinajstić information content (AvgIpc) is 2.48. The number of nitrogens with zero attached hydrogens (tertiary/aromatic N) is 2. The largest absolute Gasteiger partial charge is 0.374 e. The van der Waals surface area contributed by atoms with Crippen molar-refractivity contribution in [2.75, 3.05) is 52.3 Å². The zero-order valence-corrected chi connectivity index (χ0v) is 13.6. The molecule has 1 saturated heterocycles. The third-order valence-electron chi connectivity index (χ3n) is 3.52. The molecule has 0 aromatic heterocycles. The first-order chi connectivity index (χ1) is 9.93. The Morgan fingerprint density at radius 3 is 2.62 bits per heavy atom. The smallest absolute Gasteiger partial charge is 0.244 e. The summed E-state index contributed by atoms with van der Waals surface area (Å²) >= 11 is 0. The van der Waals surface area contributed by atoms with Crippen LogP contribution in [0, 0.1) is 0 Å². The average molecular weight is 313 g/mol. The summed E-state index contributed by atoms with van der Waals surface area (Å²) in [5.74, 6) is 0. The zero-order valence-electron chi connectivity index (χ0n) is 12.7. The molecule has 21 heavy (non-hydrogen) atoms. The Labute approximate surface area is 126 Å². The highest BCUT2D eigenvalue weighted by Gasteiger charge is 2.24. The van der Waals surface area contributed by atoms with Gasteiger partial charge in [-0.2, -0.15) is 0 Å². The van der Waals surface area contributed by atoms with Crippen LogP contribution in [0.5, 0.6) is 0 Å². The van der Waals surface area contributed by atoms with Crippen LogP contribution in [0.3, 0.4) is 0 Å². The van der Waals surface area contributed by atoms with Gasteiger partial charge in [0.15, 0.2) is 0 Å². The van der Waals surface area contributed by atoms with Crippen LogP contribution in [-0.4, -0.2) is 66.2 Å². The molecule has 118 valence electrons. The van der Waals surface area contributed by atoms with E-state index in [1.807, 2.05) is 24.1 Å². The first-order valence-electron chi connectivity index (χ1n) is 6.98. The van der Waals surface area contributed by atoms with Crippen LogP contribution < -0.4 is 10.2 Å². The molecule has 1 heterocycles. The second-order valence-corrected chi connectivity index (χ2v) is 7.45. The van der Waals surface area contributed by atoms with E-state index >= 15 is 0 Å². The quantitative estimate of drug-likeness (QED) is 0.850. The Balaban J connectivity index is 2.23. The molecule has 0 amide bonds. The van der Waals surface area contributed by atoms with E-state index < -0.39 is 10.0 Å². The van der Waals surface area contributed by atoms with Gasteiger partial charge >= 0.3 is 0 Å². The van der Waals surface area contributed by atoms with Gasteiger partial charge < -0.3 is 15.0 Å². The van der Waals surface area contributed by atoms with Crippen LogP contribution in [0.1, 0.15) is 0 Å². The number of benzene rings is 1. The maximum atomic E-state index is 12.4. The fourth-order valence-corrected chi connectivity index (χ4v) is 3.46. The number of ether oxygens (including phenoxy) is 1. The molecule has 0 spiro atoms. The van der Waals surface area contributed by atoms with E-state index in [-0.39, 0.29) is 6.10 Å². The Kier molecular flexibility index (Phi) is 5.21. The van der Waals surface area contributed by atoms with Gasteiger partial charge in [-0.05, 0) is 12.1 Å². The standard InChI is InChI=1S/C14H23N3O3S/c1-16(2)21(18,19)14-7-5-4-6-13(14)17(3)11-12-10-15-8-9-20-12/h4-7,12,15H,8-11H2,1-3H3. The van der Waals surface area contributed by atoms with Gasteiger partial charge in [0.1, 0.15) is 4.90 Å². The molecular formula is C14H23N3O3S. The van der Waals surface area contributed by atoms with Crippen molar-refractivity contribution in [3.63, 3.8) is 0 Å². The van der Waals surface area contributed by atoms with Crippen molar-refractivity contribution in [1.82, 2.24) is 9.62 Å². The van der Waals surface area contributed by atoms with Crippen LogP contribution in [0.25, 0.3) is 0 Å². The maximum Gasteiger partial charge on any atom is 0.244 e. The van der Waals surface area contributed by atoms with Crippen molar-refractivity contribution >= 4 is 15.7 Å². The first kappa shape index (κ1) is 16.2. The van der Waals surface area contributed by atoms with Crippen molar-refractivity contribution in [3.05, 3.63) is 24.3 Å². The highest BCUT2D eigenvalue weighted by atomic mass is 32.2. The second kappa shape index (κ2) is 6.74. The minimum Gasteiger partial charge on any atom is -0.374 e. The fourth-order valence-electron chi connectivity index (χ4n) is 2.33. The lowest BCUT2D eigenvalue weighted by molar-refractivity contribution is 0.0339. The molecule has 1 atom stereocenters. The number of hydrogen-bond acceptors (Lipinski definition) is 5. The summed E-state index contributed by atoms with van der Waals surface area (Å²) in [6.07, 6.45) is 0.0684. The monoisotopic (exact) mass is 313 g/mol. The van der Waals surface area contributed by atoms with Crippen molar-refractivity contribution in [2.45, 2.75) is 11.0 Å². The van der Waals surface area contributed by atoms with E-state index in [4.69, 9.17) is 4.74 Å². The minimum atomic E-state index is -3.46. The summed E-state index contributed by atoms with van der Waals surface area (Å²) in [5.41, 5.74) is 0.695. The Morgan fingerprint density at radius 1 is 1.29 bits per heavy atom. The molecule has 1 N–H and O–H groups in total. The predicted octanol–water partition coefficient (Wildman–Crippen LogP) is 0.362. The number of rotatable bonds is 5. The van der Waals surface area contributed by atoms with E-state index in [9.17, 15) is 8.42 Å². The molecule has 7 heteroatoms. The van der Waals surface area contributed by atoms with Crippen LogP contribution in [-0.2, 0) is 14.8 Å². The van der Waals surface area contributed by atoms with Gasteiger partial charge in [-0.3, -0.25) is 0 Å². The molecule has 2 rings (SSSR count). The van der Waals surface area contributed by atoms with E-state index in [1.165, 1.54) is 4.31 Å². The summed E-state index contributed by atoms with van der Waals surface area (Å²) < 4.78 is 31.7. The SMILES string of the molecule is CN(CC1CNCCO1)c1ccccc1S(=O)(=O)N(C)C. The Hall–Kier alpha value is -1.15. The van der Waals surface area contributed by atoms with E-state index in [2.05, 4.69) is 5.32 Å². The summed E-state index contributed by atoms with van der Waals surface area (Å²) in [5, 5.41) is 3.28. The lowest BCUT2D eigenvalue weighted by Gasteiger charge is -2.30. The first-order valence-corrected chi connectivity index (χ1v) is 8.42. The molecule has 1 aromatic rings. The molecule has 1 aromatic carbocycles. The molecular weight excluding hydrogens is 290 g/mol. The lowest BCUT2D eigenvalue weighted by Crippen LogP contribution is -2.44. The third kappa shape index (κ3) is 3.74. The van der Waals surface area contributed by atoms with Gasteiger partial charge in [0.25, 0.3) is 0 Å². The molecule has 1 aliphatic rings. The molecule has 0 aliphatic carbocycles. The predicted molar refractivity (Wildman–Crippen MR) is 83.2 cm³/mol. The van der Waals surface area contributed by atoms with Crippen LogP contribution in [0.15, 0.2) is 29.2 Å². The Bertz CT molecular complexity index is 569. The molecule has 0 bridgehead atoms. The molecule has 6 nitrogen and oxygen atoms in total. The lowest BCUT2D eigenvalue weighted by atomic mass is 10.2. The van der Waals surface area contributed by atoms with Gasteiger partial charge in [0.2, 0.25) is 10.0 Å². The van der Waals surface area contributed by atoms with Crippen molar-refractivity contribution in [3.8, 4) is 0 Å². The topological polar surface area (TPSA) is 61.9 Å². The molecule has 1 aliphatic heterocycles. The zero-order chi connectivity index (χ0) is 15.5. The molecule has 0 saturated carbocycles. The summed E-state index contributed by atoms with van der Waals surface area (Å²) in [6.45, 7) is 2.99.